The van der Waals surface area contributed by atoms with Gasteiger partial charge in [-0.25, -0.2) is 4.99 Å². The van der Waals surface area contributed by atoms with E-state index in [1.165, 1.54) is 16.7 Å². The number of amides is 1. The molecule has 3 rings (SSSR count). The van der Waals surface area contributed by atoms with Gasteiger partial charge in [-0.1, -0.05) is 24.3 Å². The fraction of sp³-hybridized carbons (Fsp3) is 0.429. The molecule has 2 heterocycles. The fourth-order valence-electron chi connectivity index (χ4n) is 3.28. The number of hydrogen-bond acceptors (Lipinski definition) is 2. The van der Waals surface area contributed by atoms with Crippen LogP contribution in [0.2, 0.25) is 0 Å². The quantitative estimate of drug-likeness (QED) is 0.449. The lowest BCUT2D eigenvalue weighted by atomic mass is 10.1. The Labute approximate surface area is 161 Å². The molecule has 27 heavy (non-hydrogen) atoms. The van der Waals surface area contributed by atoms with Gasteiger partial charge in [0.15, 0.2) is 5.96 Å². The van der Waals surface area contributed by atoms with Gasteiger partial charge in [0.25, 0.3) is 0 Å². The van der Waals surface area contributed by atoms with Crippen molar-refractivity contribution in [2.24, 2.45) is 12.0 Å². The molecule has 0 saturated heterocycles. The summed E-state index contributed by atoms with van der Waals surface area (Å²) >= 11 is 0. The summed E-state index contributed by atoms with van der Waals surface area (Å²) in [6, 6.07) is 10.4. The monoisotopic (exact) mass is 367 g/mol. The normalized spacial score (nSPS) is 13.6. The van der Waals surface area contributed by atoms with Crippen LogP contribution < -0.4 is 10.6 Å². The van der Waals surface area contributed by atoms with Gasteiger partial charge in [0, 0.05) is 52.0 Å². The van der Waals surface area contributed by atoms with E-state index in [4.69, 9.17) is 0 Å². The van der Waals surface area contributed by atoms with Crippen LogP contribution in [0.15, 0.2) is 47.7 Å². The Morgan fingerprint density at radius 1 is 1.15 bits per heavy atom. The molecule has 0 bridgehead atoms. The van der Waals surface area contributed by atoms with E-state index in [1.807, 2.05) is 41.8 Å². The van der Waals surface area contributed by atoms with Crippen LogP contribution in [0, 0.1) is 0 Å². The molecular weight excluding hydrogens is 338 g/mol. The first-order valence-electron chi connectivity index (χ1n) is 9.63. The molecule has 0 aliphatic carbocycles. The Morgan fingerprint density at radius 3 is 2.52 bits per heavy atom. The van der Waals surface area contributed by atoms with Crippen molar-refractivity contribution in [2.45, 2.75) is 39.4 Å². The zero-order valence-corrected chi connectivity index (χ0v) is 16.2. The van der Waals surface area contributed by atoms with Crippen molar-refractivity contribution in [3.05, 3.63) is 59.4 Å². The van der Waals surface area contributed by atoms with Crippen LogP contribution in [-0.4, -0.2) is 34.4 Å². The Kier molecular flexibility index (Phi) is 6.52. The van der Waals surface area contributed by atoms with E-state index in [2.05, 4.69) is 40.0 Å². The summed E-state index contributed by atoms with van der Waals surface area (Å²) < 4.78 is 2.02. The van der Waals surface area contributed by atoms with Gasteiger partial charge in [0.05, 0.1) is 6.54 Å². The van der Waals surface area contributed by atoms with Crippen LogP contribution in [0.3, 0.4) is 0 Å². The molecule has 144 valence electrons. The predicted octanol–water partition coefficient (Wildman–Crippen LogP) is 2.40. The molecule has 6 nitrogen and oxygen atoms in total. The molecule has 2 aromatic rings. The summed E-state index contributed by atoms with van der Waals surface area (Å²) in [4.78, 5) is 19.0. The van der Waals surface area contributed by atoms with E-state index < -0.39 is 0 Å². The van der Waals surface area contributed by atoms with Crippen molar-refractivity contribution in [2.75, 3.05) is 13.1 Å². The zero-order chi connectivity index (χ0) is 19.1. The standard InChI is InChI=1S/C21H29N5O/c1-3-22-21(24-13-17-10-12-25(2)14-17)23-11-6-9-20(27)26-15-18-7-4-5-8-19(18)16-26/h4-5,7-8,10,12,14H,3,6,9,11,13,15-16H2,1-2H3,(H2,22,23,24). The molecule has 1 amide bonds. The average Bonchev–Trinajstić information content (AvgIpc) is 3.28. The minimum atomic E-state index is 0.222. The molecule has 0 saturated carbocycles. The van der Waals surface area contributed by atoms with Crippen molar-refractivity contribution >= 4 is 11.9 Å². The SMILES string of the molecule is CCNC(=NCc1ccn(C)c1)NCCCC(=O)N1Cc2ccccc2C1. The third-order valence-electron chi connectivity index (χ3n) is 4.71. The summed E-state index contributed by atoms with van der Waals surface area (Å²) in [5, 5.41) is 6.57. The van der Waals surface area contributed by atoms with Gasteiger partial charge in [0.2, 0.25) is 5.91 Å². The number of carbonyl (C=O) groups excluding carboxylic acids is 1. The summed E-state index contributed by atoms with van der Waals surface area (Å²) in [6.07, 6.45) is 5.44. The first-order valence-corrected chi connectivity index (χ1v) is 9.63. The molecule has 0 unspecified atom stereocenters. The Balaban J connectivity index is 1.40. The maximum absolute atomic E-state index is 12.4. The Morgan fingerprint density at radius 2 is 1.89 bits per heavy atom. The molecule has 0 fully saturated rings. The second kappa shape index (κ2) is 9.26. The van der Waals surface area contributed by atoms with Crippen LogP contribution >= 0.6 is 0 Å². The summed E-state index contributed by atoms with van der Waals surface area (Å²) in [5.74, 6) is 1.02. The van der Waals surface area contributed by atoms with Gasteiger partial charge in [-0.3, -0.25) is 4.79 Å². The number of fused-ring (bicyclic) bond motifs is 1. The fourth-order valence-corrected chi connectivity index (χ4v) is 3.28. The molecule has 6 heteroatoms. The molecule has 0 spiro atoms. The third-order valence-corrected chi connectivity index (χ3v) is 4.71. The minimum absolute atomic E-state index is 0.222. The summed E-state index contributed by atoms with van der Waals surface area (Å²) in [7, 11) is 2.01. The van der Waals surface area contributed by atoms with Gasteiger partial charge in [-0.05, 0) is 36.1 Å². The number of guanidine groups is 1. The van der Waals surface area contributed by atoms with Gasteiger partial charge in [0.1, 0.15) is 0 Å². The van der Waals surface area contributed by atoms with Crippen LogP contribution in [-0.2, 0) is 31.5 Å². The van der Waals surface area contributed by atoms with Crippen molar-refractivity contribution < 1.29 is 4.79 Å². The first-order chi connectivity index (χ1) is 13.2. The lowest BCUT2D eigenvalue weighted by molar-refractivity contribution is -0.131. The van der Waals surface area contributed by atoms with E-state index in [0.29, 0.717) is 13.0 Å². The highest BCUT2D eigenvalue weighted by Crippen LogP contribution is 2.22. The number of rotatable bonds is 7. The van der Waals surface area contributed by atoms with Gasteiger partial charge in [-0.15, -0.1) is 0 Å². The first kappa shape index (κ1) is 19.0. The highest BCUT2D eigenvalue weighted by atomic mass is 16.2. The Hall–Kier alpha value is -2.76. The predicted molar refractivity (Wildman–Crippen MR) is 108 cm³/mol. The number of aryl methyl sites for hydroxylation is 1. The topological polar surface area (TPSA) is 61.7 Å². The van der Waals surface area contributed by atoms with E-state index in [1.54, 1.807) is 0 Å². The molecule has 1 aliphatic heterocycles. The highest BCUT2D eigenvalue weighted by Gasteiger charge is 2.22. The second-order valence-electron chi connectivity index (χ2n) is 6.93. The maximum atomic E-state index is 12.4. The summed E-state index contributed by atoms with van der Waals surface area (Å²) in [5.41, 5.74) is 3.72. The zero-order valence-electron chi connectivity index (χ0n) is 16.2. The largest absolute Gasteiger partial charge is 0.357 e. The number of carbonyl (C=O) groups is 1. The van der Waals surface area contributed by atoms with Crippen LogP contribution in [0.5, 0.6) is 0 Å². The van der Waals surface area contributed by atoms with Crippen LogP contribution in [0.4, 0.5) is 0 Å². The number of aromatic nitrogens is 1. The van der Waals surface area contributed by atoms with E-state index in [0.717, 1.165) is 38.6 Å². The summed E-state index contributed by atoms with van der Waals surface area (Å²) in [6.45, 7) is 5.71. The molecule has 1 aromatic heterocycles. The van der Waals surface area contributed by atoms with E-state index >= 15 is 0 Å². The molecule has 1 aliphatic rings. The van der Waals surface area contributed by atoms with Crippen molar-refractivity contribution in [1.29, 1.82) is 0 Å². The molecule has 0 atom stereocenters. The maximum Gasteiger partial charge on any atom is 0.223 e. The number of benzene rings is 1. The lowest BCUT2D eigenvalue weighted by Gasteiger charge is -2.16. The number of hydrogen-bond donors (Lipinski definition) is 2. The van der Waals surface area contributed by atoms with Gasteiger partial charge in [-0.2, -0.15) is 0 Å². The van der Waals surface area contributed by atoms with Crippen molar-refractivity contribution in [3.8, 4) is 0 Å². The molecule has 0 radical (unpaired) electrons. The smallest absolute Gasteiger partial charge is 0.223 e. The number of aliphatic imine (C=N–C) groups is 1. The van der Waals surface area contributed by atoms with Crippen molar-refractivity contribution in [1.82, 2.24) is 20.1 Å². The van der Waals surface area contributed by atoms with Crippen molar-refractivity contribution in [3.63, 3.8) is 0 Å². The second-order valence-corrected chi connectivity index (χ2v) is 6.93. The van der Waals surface area contributed by atoms with Crippen LogP contribution in [0.25, 0.3) is 0 Å². The number of nitrogens with one attached hydrogen (secondary N) is 2. The third kappa shape index (κ3) is 5.36. The van der Waals surface area contributed by atoms with Gasteiger partial charge >= 0.3 is 0 Å². The number of nitrogens with zero attached hydrogens (tertiary/aromatic N) is 3. The highest BCUT2D eigenvalue weighted by molar-refractivity contribution is 5.80. The molecular formula is C21H29N5O. The van der Waals surface area contributed by atoms with Crippen LogP contribution in [0.1, 0.15) is 36.5 Å². The minimum Gasteiger partial charge on any atom is -0.357 e. The molecule has 2 N–H and O–H groups in total. The van der Waals surface area contributed by atoms with Gasteiger partial charge < -0.3 is 20.1 Å². The lowest BCUT2D eigenvalue weighted by Crippen LogP contribution is -2.38. The average molecular weight is 367 g/mol. The van der Waals surface area contributed by atoms with E-state index in [9.17, 15) is 4.79 Å². The molecule has 1 aromatic carbocycles. The van der Waals surface area contributed by atoms with E-state index in [-0.39, 0.29) is 5.91 Å². The Bertz CT molecular complexity index is 770.